The summed E-state index contributed by atoms with van der Waals surface area (Å²) in [4.78, 5) is 12.6. The fourth-order valence-corrected chi connectivity index (χ4v) is 4.89. The lowest BCUT2D eigenvalue weighted by molar-refractivity contribution is -0.120. The number of anilines is 1. The largest absolute Gasteiger partial charge is 0.497 e. The van der Waals surface area contributed by atoms with E-state index in [-0.39, 0.29) is 18.4 Å². The van der Waals surface area contributed by atoms with Crippen LogP contribution >= 0.6 is 0 Å². The van der Waals surface area contributed by atoms with Crippen LogP contribution in [-0.4, -0.2) is 69.4 Å². The number of piperidine rings is 1. The molecule has 0 radical (unpaired) electrons. The zero-order valence-electron chi connectivity index (χ0n) is 14.9. The second kappa shape index (κ2) is 8.34. The molecule has 0 bridgehead atoms. The van der Waals surface area contributed by atoms with E-state index >= 15 is 0 Å². The molecule has 2 aliphatic heterocycles. The Kier molecular flexibility index (Phi) is 6.13. The smallest absolute Gasteiger partial charge is 0.282 e. The molecule has 0 saturated carbocycles. The van der Waals surface area contributed by atoms with Crippen LogP contribution in [0, 0.1) is 5.92 Å². The quantitative estimate of drug-likeness (QED) is 0.817. The van der Waals surface area contributed by atoms with E-state index in [4.69, 9.17) is 9.47 Å². The molecule has 9 heteroatoms. The highest BCUT2D eigenvalue weighted by Gasteiger charge is 2.36. The predicted octanol–water partition coefficient (Wildman–Crippen LogP) is 0.923. The average molecular weight is 383 g/mol. The summed E-state index contributed by atoms with van der Waals surface area (Å²) in [5.41, 5.74) is 0.670. The first-order valence-corrected chi connectivity index (χ1v) is 10.2. The first-order valence-electron chi connectivity index (χ1n) is 8.78. The maximum Gasteiger partial charge on any atom is 0.282 e. The Balaban J connectivity index is 1.62. The maximum absolute atomic E-state index is 12.8. The van der Waals surface area contributed by atoms with E-state index in [1.165, 1.54) is 8.61 Å². The third-order valence-corrected chi connectivity index (χ3v) is 6.74. The van der Waals surface area contributed by atoms with Crippen molar-refractivity contribution in [2.75, 3.05) is 51.8 Å². The van der Waals surface area contributed by atoms with Crippen LogP contribution < -0.4 is 10.1 Å². The van der Waals surface area contributed by atoms with Crippen LogP contribution in [0.15, 0.2) is 24.3 Å². The molecule has 1 unspecified atom stereocenters. The van der Waals surface area contributed by atoms with Crippen molar-refractivity contribution < 1.29 is 22.7 Å². The molecule has 1 amide bonds. The van der Waals surface area contributed by atoms with Gasteiger partial charge in [0.1, 0.15) is 5.75 Å². The van der Waals surface area contributed by atoms with Gasteiger partial charge in [0.15, 0.2) is 0 Å². The van der Waals surface area contributed by atoms with Crippen molar-refractivity contribution in [3.05, 3.63) is 24.3 Å². The number of nitrogens with zero attached hydrogens (tertiary/aromatic N) is 2. The molecular weight excluding hydrogens is 358 g/mol. The minimum Gasteiger partial charge on any atom is -0.497 e. The SMILES string of the molecule is COc1ccc(NC(=O)C2CCCN(S(=O)(=O)N3CCOCC3)C2)cc1. The summed E-state index contributed by atoms with van der Waals surface area (Å²) < 4.78 is 38.8. The number of hydrogen-bond acceptors (Lipinski definition) is 5. The molecule has 1 N–H and O–H groups in total. The van der Waals surface area contributed by atoms with Gasteiger partial charge in [-0.25, -0.2) is 0 Å². The standard InChI is InChI=1S/C17H25N3O5S/c1-24-16-6-4-15(5-7-16)18-17(21)14-3-2-8-20(13-14)26(22,23)19-9-11-25-12-10-19/h4-7,14H,2-3,8-13H2,1H3,(H,18,21). The van der Waals surface area contributed by atoms with Crippen molar-refractivity contribution in [2.45, 2.75) is 12.8 Å². The molecule has 8 nitrogen and oxygen atoms in total. The molecule has 3 rings (SSSR count). The number of hydrogen-bond donors (Lipinski definition) is 1. The van der Waals surface area contributed by atoms with Gasteiger partial charge in [-0.05, 0) is 37.1 Å². The van der Waals surface area contributed by atoms with E-state index in [1.54, 1.807) is 31.4 Å². The Morgan fingerprint density at radius 1 is 1.15 bits per heavy atom. The fourth-order valence-electron chi connectivity index (χ4n) is 3.23. The molecule has 2 aliphatic rings. The Hall–Kier alpha value is -1.68. The zero-order chi connectivity index (χ0) is 18.6. The molecule has 0 aromatic heterocycles. The Morgan fingerprint density at radius 2 is 1.85 bits per heavy atom. The summed E-state index contributed by atoms with van der Waals surface area (Å²) in [5, 5.41) is 2.86. The molecule has 1 aromatic rings. The van der Waals surface area contributed by atoms with Crippen molar-refractivity contribution in [1.82, 2.24) is 8.61 Å². The summed E-state index contributed by atoms with van der Waals surface area (Å²) in [6.45, 7) is 2.21. The number of methoxy groups -OCH3 is 1. The summed E-state index contributed by atoms with van der Waals surface area (Å²) in [5.74, 6) is 0.196. The molecule has 0 aliphatic carbocycles. The molecule has 1 atom stereocenters. The highest BCUT2D eigenvalue weighted by molar-refractivity contribution is 7.86. The van der Waals surface area contributed by atoms with Crippen molar-refractivity contribution in [3.8, 4) is 5.75 Å². The van der Waals surface area contributed by atoms with Crippen molar-refractivity contribution in [3.63, 3.8) is 0 Å². The minimum atomic E-state index is -3.54. The van der Waals surface area contributed by atoms with Crippen LogP contribution in [0.4, 0.5) is 5.69 Å². The Bertz CT molecular complexity index is 716. The molecule has 2 saturated heterocycles. The van der Waals surface area contributed by atoms with Crippen LogP contribution in [0.25, 0.3) is 0 Å². The van der Waals surface area contributed by atoms with Crippen molar-refractivity contribution >= 4 is 21.8 Å². The van der Waals surface area contributed by atoms with Crippen LogP contribution in [0.3, 0.4) is 0 Å². The van der Waals surface area contributed by atoms with Gasteiger partial charge < -0.3 is 14.8 Å². The van der Waals surface area contributed by atoms with Gasteiger partial charge in [0.25, 0.3) is 10.2 Å². The van der Waals surface area contributed by atoms with Crippen LogP contribution in [-0.2, 0) is 19.7 Å². The molecule has 26 heavy (non-hydrogen) atoms. The van der Waals surface area contributed by atoms with Crippen LogP contribution in [0.1, 0.15) is 12.8 Å². The number of morpholine rings is 1. The number of amides is 1. The summed E-state index contributed by atoms with van der Waals surface area (Å²) in [7, 11) is -1.96. The highest BCUT2D eigenvalue weighted by Crippen LogP contribution is 2.23. The van der Waals surface area contributed by atoms with E-state index in [2.05, 4.69) is 5.32 Å². The summed E-state index contributed by atoms with van der Waals surface area (Å²) in [6.07, 6.45) is 1.35. The average Bonchev–Trinajstić information content (AvgIpc) is 2.69. The number of benzene rings is 1. The number of carbonyl (C=O) groups excluding carboxylic acids is 1. The monoisotopic (exact) mass is 383 g/mol. The third-order valence-electron chi connectivity index (χ3n) is 4.74. The maximum atomic E-state index is 12.8. The van der Waals surface area contributed by atoms with Crippen molar-refractivity contribution in [2.24, 2.45) is 5.92 Å². The van der Waals surface area contributed by atoms with E-state index in [9.17, 15) is 13.2 Å². The predicted molar refractivity (Wildman–Crippen MR) is 97.2 cm³/mol. The van der Waals surface area contributed by atoms with Gasteiger partial charge in [0.2, 0.25) is 5.91 Å². The Labute approximate surface area is 154 Å². The first-order chi connectivity index (χ1) is 12.5. The van der Waals surface area contributed by atoms with Crippen molar-refractivity contribution in [1.29, 1.82) is 0 Å². The fraction of sp³-hybridized carbons (Fsp3) is 0.588. The minimum absolute atomic E-state index is 0.156. The lowest BCUT2D eigenvalue weighted by Crippen LogP contribution is -2.52. The summed E-state index contributed by atoms with van der Waals surface area (Å²) in [6, 6.07) is 7.07. The van der Waals surface area contributed by atoms with Gasteiger partial charge in [0.05, 0.1) is 26.2 Å². The first kappa shape index (κ1) is 19.1. The zero-order valence-corrected chi connectivity index (χ0v) is 15.7. The molecule has 144 valence electrons. The highest BCUT2D eigenvalue weighted by atomic mass is 32.2. The van der Waals surface area contributed by atoms with Gasteiger partial charge in [-0.3, -0.25) is 4.79 Å². The van der Waals surface area contributed by atoms with E-state index < -0.39 is 10.2 Å². The molecular formula is C17H25N3O5S. The molecule has 0 spiro atoms. The number of ether oxygens (including phenoxy) is 2. The van der Waals surface area contributed by atoms with E-state index in [0.29, 0.717) is 57.1 Å². The van der Waals surface area contributed by atoms with Gasteiger partial charge in [-0.2, -0.15) is 17.0 Å². The van der Waals surface area contributed by atoms with Gasteiger partial charge in [-0.15, -0.1) is 0 Å². The van der Waals surface area contributed by atoms with E-state index in [0.717, 1.165) is 0 Å². The summed E-state index contributed by atoms with van der Waals surface area (Å²) >= 11 is 0. The lowest BCUT2D eigenvalue weighted by atomic mass is 9.99. The van der Waals surface area contributed by atoms with Crippen LogP contribution in [0.2, 0.25) is 0 Å². The normalized spacial score (nSPS) is 22.7. The van der Waals surface area contributed by atoms with Gasteiger partial charge in [0, 0.05) is 31.9 Å². The third kappa shape index (κ3) is 4.35. The topological polar surface area (TPSA) is 88.2 Å². The van der Waals surface area contributed by atoms with Gasteiger partial charge >= 0.3 is 0 Å². The van der Waals surface area contributed by atoms with Crippen LogP contribution in [0.5, 0.6) is 5.75 Å². The second-order valence-electron chi connectivity index (χ2n) is 6.43. The second-order valence-corrected chi connectivity index (χ2v) is 8.36. The van der Waals surface area contributed by atoms with E-state index in [1.807, 2.05) is 0 Å². The lowest BCUT2D eigenvalue weighted by Gasteiger charge is -2.36. The number of carbonyl (C=O) groups is 1. The van der Waals surface area contributed by atoms with Gasteiger partial charge in [-0.1, -0.05) is 0 Å². The molecule has 2 fully saturated rings. The Morgan fingerprint density at radius 3 is 2.50 bits per heavy atom. The number of rotatable bonds is 5. The molecule has 1 aromatic carbocycles. The molecule has 2 heterocycles. The number of nitrogens with one attached hydrogen (secondary N) is 1.